The number of rotatable bonds is 15. The van der Waals surface area contributed by atoms with Crippen LogP contribution in [0.4, 0.5) is 0 Å². The third kappa shape index (κ3) is 9.44. The molecule has 1 amide bonds. The number of ether oxygens (including phenoxy) is 2. The Morgan fingerprint density at radius 1 is 1.11 bits per heavy atom. The number of carboxylic acid groups (broad SMARTS) is 1. The highest BCUT2D eigenvalue weighted by Crippen LogP contribution is 2.24. The van der Waals surface area contributed by atoms with Crippen molar-refractivity contribution in [1.29, 1.82) is 0 Å². The van der Waals surface area contributed by atoms with E-state index in [1.807, 2.05) is 0 Å². The summed E-state index contributed by atoms with van der Waals surface area (Å²) in [7, 11) is -8.32. The van der Waals surface area contributed by atoms with Crippen LogP contribution >= 0.6 is 11.6 Å². The summed E-state index contributed by atoms with van der Waals surface area (Å²) in [6.07, 6.45) is 0.947. The van der Waals surface area contributed by atoms with Crippen molar-refractivity contribution in [3.05, 3.63) is 58.6 Å². The number of primary sulfonamides is 1. The molecular weight excluding hydrogens is 640 g/mol. The van der Waals surface area contributed by atoms with E-state index in [1.54, 1.807) is 38.1 Å². The fourth-order valence-electron chi connectivity index (χ4n) is 4.51. The topological polar surface area (TPSA) is 211 Å². The van der Waals surface area contributed by atoms with Crippen molar-refractivity contribution in [2.75, 3.05) is 19.8 Å². The van der Waals surface area contributed by atoms with Crippen molar-refractivity contribution in [3.8, 4) is 0 Å². The van der Waals surface area contributed by atoms with E-state index >= 15 is 0 Å². The van der Waals surface area contributed by atoms with Gasteiger partial charge in [0, 0.05) is 13.1 Å². The van der Waals surface area contributed by atoms with E-state index < -0.39 is 60.9 Å². The third-order valence-corrected chi connectivity index (χ3v) is 9.57. The maximum atomic E-state index is 12.9. The highest BCUT2D eigenvalue weighted by molar-refractivity contribution is 7.90. The number of sulfonamides is 2. The lowest BCUT2D eigenvalue weighted by Gasteiger charge is -2.27. The minimum atomic E-state index is -4.23. The van der Waals surface area contributed by atoms with Crippen molar-refractivity contribution in [2.24, 2.45) is 5.14 Å². The molecule has 2 aromatic carbocycles. The minimum absolute atomic E-state index is 0.0836. The number of nitrogens with one attached hydrogen (secondary N) is 2. The quantitative estimate of drug-likeness (QED) is 0.195. The van der Waals surface area contributed by atoms with Gasteiger partial charge in [-0.2, -0.15) is 0 Å². The standard InChI is InChI=1S/C27H35ClN4O10S2/c1-3-42-27(36)22(31-17(2)25(33)32-12-4-5-23(32)26(34)35)16-41-15-19-8-6-18(7-9-19)14-30-44(39,40)20-10-11-21(28)24(13-20)43(29,37)38/h6-11,13,17,22-23,30-31H,3-5,12,14-16H2,1-2H3,(H,34,35)(H2,29,37,38)/t17-,22?,23-/m0/s1. The predicted molar refractivity (Wildman–Crippen MR) is 158 cm³/mol. The normalized spacial score (nSPS) is 16.8. The SMILES string of the molecule is CCOC(=O)C(COCc1ccc(CNS(=O)(=O)c2ccc(Cl)c(S(N)(=O)=O)c2)cc1)N[C@@H](C)C(=O)N1CCC[C@H]1C(=O)O. The lowest BCUT2D eigenvalue weighted by atomic mass is 10.1. The second-order valence-electron chi connectivity index (χ2n) is 10.0. The van der Waals surface area contributed by atoms with Crippen molar-refractivity contribution in [2.45, 2.75) is 67.8 Å². The zero-order valence-electron chi connectivity index (χ0n) is 24.1. The van der Waals surface area contributed by atoms with Crippen LogP contribution in [0, 0.1) is 0 Å². The Morgan fingerprint density at radius 2 is 1.77 bits per heavy atom. The first-order valence-electron chi connectivity index (χ1n) is 13.6. The molecule has 3 atom stereocenters. The molecule has 0 aliphatic carbocycles. The molecule has 14 nitrogen and oxygen atoms in total. The number of carbonyl (C=O) groups excluding carboxylic acids is 2. The van der Waals surface area contributed by atoms with Gasteiger partial charge in [-0.05, 0) is 56.0 Å². The van der Waals surface area contributed by atoms with Gasteiger partial charge < -0.3 is 19.5 Å². The number of likely N-dealkylation sites (tertiary alicyclic amines) is 1. The van der Waals surface area contributed by atoms with E-state index in [9.17, 15) is 36.3 Å². The zero-order chi connectivity index (χ0) is 32.7. The van der Waals surface area contributed by atoms with Crippen LogP contribution in [0.3, 0.4) is 0 Å². The van der Waals surface area contributed by atoms with Gasteiger partial charge in [0.2, 0.25) is 26.0 Å². The summed E-state index contributed by atoms with van der Waals surface area (Å²) in [5.41, 5.74) is 1.30. The molecule has 1 aliphatic rings. The van der Waals surface area contributed by atoms with Crippen LogP contribution in [0.1, 0.15) is 37.8 Å². The Balaban J connectivity index is 1.56. The summed E-state index contributed by atoms with van der Waals surface area (Å²) >= 11 is 5.83. The fraction of sp³-hybridized carbons (Fsp3) is 0.444. The first-order chi connectivity index (χ1) is 20.6. The molecule has 1 aliphatic heterocycles. The van der Waals surface area contributed by atoms with Gasteiger partial charge >= 0.3 is 11.9 Å². The molecule has 3 rings (SSSR count). The molecule has 0 aromatic heterocycles. The summed E-state index contributed by atoms with van der Waals surface area (Å²) in [5, 5.41) is 17.2. The number of aliphatic carboxylic acids is 1. The molecular formula is C27H35ClN4O10S2. The van der Waals surface area contributed by atoms with E-state index in [2.05, 4.69) is 10.0 Å². The van der Waals surface area contributed by atoms with Gasteiger partial charge in [0.1, 0.15) is 17.0 Å². The Hall–Kier alpha value is -3.12. The Morgan fingerprint density at radius 3 is 2.39 bits per heavy atom. The van der Waals surface area contributed by atoms with Crippen LogP contribution in [-0.2, 0) is 57.1 Å². The number of benzene rings is 2. The van der Waals surface area contributed by atoms with E-state index in [0.29, 0.717) is 30.5 Å². The highest BCUT2D eigenvalue weighted by Gasteiger charge is 2.37. The molecule has 1 fully saturated rings. The lowest BCUT2D eigenvalue weighted by Crippen LogP contribution is -2.54. The second-order valence-corrected chi connectivity index (χ2v) is 13.7. The molecule has 0 spiro atoms. The van der Waals surface area contributed by atoms with Crippen LogP contribution in [0.15, 0.2) is 52.3 Å². The molecule has 0 saturated carbocycles. The molecule has 2 aromatic rings. The van der Waals surface area contributed by atoms with Gasteiger partial charge in [0.15, 0.2) is 0 Å². The zero-order valence-corrected chi connectivity index (χ0v) is 26.5. The summed E-state index contributed by atoms with van der Waals surface area (Å²) in [4.78, 5) is 37.4. The van der Waals surface area contributed by atoms with Crippen LogP contribution in [0.5, 0.6) is 0 Å². The molecule has 0 radical (unpaired) electrons. The van der Waals surface area contributed by atoms with Gasteiger partial charge in [-0.15, -0.1) is 0 Å². The van der Waals surface area contributed by atoms with Gasteiger partial charge in [0.25, 0.3) is 0 Å². The summed E-state index contributed by atoms with van der Waals surface area (Å²) in [5.74, 6) is -2.13. The largest absolute Gasteiger partial charge is 0.480 e. The lowest BCUT2D eigenvalue weighted by molar-refractivity contribution is -0.151. The minimum Gasteiger partial charge on any atom is -0.480 e. The fourth-order valence-corrected chi connectivity index (χ4v) is 6.70. The van der Waals surface area contributed by atoms with Crippen molar-refractivity contribution < 1.29 is 45.8 Å². The molecule has 17 heteroatoms. The van der Waals surface area contributed by atoms with E-state index in [1.165, 1.54) is 4.90 Å². The van der Waals surface area contributed by atoms with Crippen LogP contribution in [0.2, 0.25) is 5.02 Å². The number of hydrogen-bond donors (Lipinski definition) is 4. The average Bonchev–Trinajstić information content (AvgIpc) is 3.46. The Kier molecular flexibility index (Phi) is 12.3. The Bertz CT molecular complexity index is 1570. The van der Waals surface area contributed by atoms with Gasteiger partial charge in [-0.25, -0.2) is 31.5 Å². The van der Waals surface area contributed by atoms with E-state index in [4.69, 9.17) is 26.2 Å². The summed E-state index contributed by atoms with van der Waals surface area (Å²) < 4.78 is 62.0. The first kappa shape index (κ1) is 35.4. The number of nitrogens with zero attached hydrogens (tertiary/aromatic N) is 1. The number of carbonyl (C=O) groups is 3. The van der Waals surface area contributed by atoms with Gasteiger partial charge in [-0.3, -0.25) is 14.9 Å². The Labute approximate surface area is 260 Å². The van der Waals surface area contributed by atoms with Crippen LogP contribution in [0.25, 0.3) is 0 Å². The van der Waals surface area contributed by atoms with E-state index in [-0.39, 0.29) is 36.3 Å². The first-order valence-corrected chi connectivity index (χ1v) is 17.0. The molecule has 0 bridgehead atoms. The van der Waals surface area contributed by atoms with Crippen molar-refractivity contribution in [3.63, 3.8) is 0 Å². The summed E-state index contributed by atoms with van der Waals surface area (Å²) in [6, 6.07) is 7.14. The third-order valence-electron chi connectivity index (χ3n) is 6.78. The molecule has 1 heterocycles. The number of amides is 1. The molecule has 242 valence electrons. The number of carboxylic acids is 1. The molecule has 1 unspecified atom stereocenters. The monoisotopic (exact) mass is 674 g/mol. The number of halogens is 1. The smallest absolute Gasteiger partial charge is 0.326 e. The maximum Gasteiger partial charge on any atom is 0.326 e. The second kappa shape index (κ2) is 15.2. The van der Waals surface area contributed by atoms with Gasteiger partial charge in [0.05, 0.1) is 35.8 Å². The highest BCUT2D eigenvalue weighted by atomic mass is 35.5. The number of esters is 1. The number of hydrogen-bond acceptors (Lipinski definition) is 10. The molecule has 44 heavy (non-hydrogen) atoms. The van der Waals surface area contributed by atoms with Crippen molar-refractivity contribution >= 4 is 49.5 Å². The maximum absolute atomic E-state index is 12.9. The van der Waals surface area contributed by atoms with E-state index in [0.717, 1.165) is 18.2 Å². The van der Waals surface area contributed by atoms with Crippen LogP contribution < -0.4 is 15.2 Å². The molecule has 5 N–H and O–H groups in total. The number of nitrogens with two attached hydrogens (primary N) is 1. The summed E-state index contributed by atoms with van der Waals surface area (Å²) in [6.45, 7) is 3.47. The van der Waals surface area contributed by atoms with Gasteiger partial charge in [-0.1, -0.05) is 35.9 Å². The van der Waals surface area contributed by atoms with Crippen LogP contribution in [-0.4, -0.2) is 82.6 Å². The average molecular weight is 675 g/mol. The molecule has 1 saturated heterocycles. The van der Waals surface area contributed by atoms with Crippen molar-refractivity contribution in [1.82, 2.24) is 14.9 Å². The predicted octanol–water partition coefficient (Wildman–Crippen LogP) is 0.968.